The van der Waals surface area contributed by atoms with Gasteiger partial charge < -0.3 is 10.2 Å². The van der Waals surface area contributed by atoms with Crippen LogP contribution in [0.3, 0.4) is 0 Å². The number of anilines is 2. The molecule has 0 radical (unpaired) electrons. The van der Waals surface area contributed by atoms with E-state index in [2.05, 4.69) is 20.2 Å². The molecule has 0 saturated carbocycles. The van der Waals surface area contributed by atoms with Gasteiger partial charge >= 0.3 is 0 Å². The lowest BCUT2D eigenvalue weighted by Gasteiger charge is -2.18. The summed E-state index contributed by atoms with van der Waals surface area (Å²) in [6.07, 6.45) is 2.73. The number of halogens is 2. The van der Waals surface area contributed by atoms with Gasteiger partial charge in [0.2, 0.25) is 5.95 Å². The number of hydrogen-bond acceptors (Lipinski definition) is 5. The van der Waals surface area contributed by atoms with Gasteiger partial charge in [-0.15, -0.1) is 0 Å². The molecule has 7 heteroatoms. The number of nitrogens with one attached hydrogen (secondary N) is 1. The molecule has 1 aromatic carbocycles. The summed E-state index contributed by atoms with van der Waals surface area (Å²) in [6, 6.07) is 6.96. The predicted octanol–water partition coefficient (Wildman–Crippen LogP) is 3.02. The highest BCUT2D eigenvalue weighted by Crippen LogP contribution is 2.23. The zero-order valence-electron chi connectivity index (χ0n) is 13.8. The Hall–Kier alpha value is -1.92. The summed E-state index contributed by atoms with van der Waals surface area (Å²) in [5, 5.41) is 3.92. The zero-order chi connectivity index (χ0) is 17.1. The summed E-state index contributed by atoms with van der Waals surface area (Å²) < 4.78 is 13.9. The van der Waals surface area contributed by atoms with Crippen molar-refractivity contribution < 1.29 is 4.39 Å². The van der Waals surface area contributed by atoms with Crippen LogP contribution in [0.1, 0.15) is 12.0 Å². The van der Waals surface area contributed by atoms with E-state index >= 15 is 0 Å². The van der Waals surface area contributed by atoms with Crippen molar-refractivity contribution in [1.29, 1.82) is 0 Å². The second-order valence-electron chi connectivity index (χ2n) is 6.20. The molecule has 1 fully saturated rings. The van der Waals surface area contributed by atoms with E-state index in [0.717, 1.165) is 25.3 Å². The second-order valence-corrected chi connectivity index (χ2v) is 6.61. The third-order valence-corrected chi connectivity index (χ3v) is 4.46. The maximum Gasteiger partial charge on any atom is 0.226 e. The summed E-state index contributed by atoms with van der Waals surface area (Å²) in [5.41, 5.74) is 0.566. The van der Waals surface area contributed by atoms with Crippen LogP contribution in [0.2, 0.25) is 5.02 Å². The molecule has 0 amide bonds. The maximum atomic E-state index is 13.9. The number of hydrogen-bond donors (Lipinski definition) is 1. The summed E-state index contributed by atoms with van der Waals surface area (Å²) in [7, 11) is 3.82. The van der Waals surface area contributed by atoms with E-state index in [9.17, 15) is 4.39 Å². The van der Waals surface area contributed by atoms with Crippen LogP contribution in [-0.4, -0.2) is 48.1 Å². The fraction of sp³-hybridized carbons (Fsp3) is 0.412. The van der Waals surface area contributed by atoms with Crippen molar-refractivity contribution in [1.82, 2.24) is 14.9 Å². The molecule has 0 spiro atoms. The SMILES string of the molecule is CN(C)c1nccc(NC2CCN(Cc3c(F)cccc3Cl)C2)n1. The zero-order valence-corrected chi connectivity index (χ0v) is 14.6. The van der Waals surface area contributed by atoms with Crippen molar-refractivity contribution in [3.8, 4) is 0 Å². The van der Waals surface area contributed by atoms with Gasteiger partial charge in [-0.25, -0.2) is 9.37 Å². The lowest BCUT2D eigenvalue weighted by Crippen LogP contribution is -2.27. The van der Waals surface area contributed by atoms with E-state index < -0.39 is 0 Å². The molecule has 3 rings (SSSR count). The molecule has 128 valence electrons. The Morgan fingerprint density at radius 3 is 2.96 bits per heavy atom. The third-order valence-electron chi connectivity index (χ3n) is 4.11. The van der Waals surface area contributed by atoms with Crippen LogP contribution in [0.5, 0.6) is 0 Å². The summed E-state index contributed by atoms with van der Waals surface area (Å²) in [4.78, 5) is 12.8. The number of benzene rings is 1. The van der Waals surface area contributed by atoms with Crippen LogP contribution in [0.25, 0.3) is 0 Å². The standard InChI is InChI=1S/C17H21ClFN5/c1-23(2)17-20-8-6-16(22-17)21-12-7-9-24(10-12)11-13-14(18)4-3-5-15(13)19/h3-6,8,12H,7,9-11H2,1-2H3,(H,20,21,22). The van der Waals surface area contributed by atoms with Crippen LogP contribution in [0.15, 0.2) is 30.5 Å². The highest BCUT2D eigenvalue weighted by atomic mass is 35.5. The van der Waals surface area contributed by atoms with Gasteiger partial charge in [0.25, 0.3) is 0 Å². The lowest BCUT2D eigenvalue weighted by molar-refractivity contribution is 0.323. The molecule has 2 aromatic rings. The van der Waals surface area contributed by atoms with Gasteiger partial charge in [-0.3, -0.25) is 4.90 Å². The van der Waals surface area contributed by atoms with Gasteiger partial charge in [-0.05, 0) is 24.6 Å². The number of aromatic nitrogens is 2. The fourth-order valence-corrected chi connectivity index (χ4v) is 3.08. The highest BCUT2D eigenvalue weighted by Gasteiger charge is 2.24. The van der Waals surface area contributed by atoms with E-state index in [4.69, 9.17) is 11.6 Å². The lowest BCUT2D eigenvalue weighted by atomic mass is 10.2. The molecule has 0 aliphatic carbocycles. The van der Waals surface area contributed by atoms with Crippen LogP contribution in [0, 0.1) is 5.82 Å². The molecule has 1 saturated heterocycles. The molecule has 1 aliphatic rings. The Bertz CT molecular complexity index is 689. The molecule has 5 nitrogen and oxygen atoms in total. The van der Waals surface area contributed by atoms with Crippen molar-refractivity contribution in [2.45, 2.75) is 19.0 Å². The predicted molar refractivity (Wildman–Crippen MR) is 95.1 cm³/mol. The van der Waals surface area contributed by atoms with Gasteiger partial charge in [0.15, 0.2) is 0 Å². The molecule has 0 bridgehead atoms. The van der Waals surface area contributed by atoms with Gasteiger partial charge in [0.1, 0.15) is 11.6 Å². The molecule has 24 heavy (non-hydrogen) atoms. The minimum absolute atomic E-state index is 0.245. The van der Waals surface area contributed by atoms with E-state index in [1.54, 1.807) is 18.3 Å². The molecular weight excluding hydrogens is 329 g/mol. The van der Waals surface area contributed by atoms with Crippen molar-refractivity contribution in [2.24, 2.45) is 0 Å². The Labute approximate surface area is 146 Å². The number of nitrogens with zero attached hydrogens (tertiary/aromatic N) is 4. The highest BCUT2D eigenvalue weighted by molar-refractivity contribution is 6.31. The average Bonchev–Trinajstić information content (AvgIpc) is 2.98. The first kappa shape index (κ1) is 16.9. The van der Waals surface area contributed by atoms with Gasteiger partial charge in [0.05, 0.1) is 0 Å². The normalized spacial score (nSPS) is 17.9. The Morgan fingerprint density at radius 2 is 2.21 bits per heavy atom. The van der Waals surface area contributed by atoms with Crippen LogP contribution < -0.4 is 10.2 Å². The maximum absolute atomic E-state index is 13.9. The first-order valence-electron chi connectivity index (χ1n) is 7.95. The molecular formula is C17H21ClFN5. The molecule has 1 N–H and O–H groups in total. The fourth-order valence-electron chi connectivity index (χ4n) is 2.85. The van der Waals surface area contributed by atoms with Crippen molar-refractivity contribution in [3.05, 3.63) is 46.9 Å². The smallest absolute Gasteiger partial charge is 0.226 e. The largest absolute Gasteiger partial charge is 0.366 e. The molecule has 2 heterocycles. The monoisotopic (exact) mass is 349 g/mol. The van der Waals surface area contributed by atoms with Gasteiger partial charge in [0, 0.05) is 56.6 Å². The van der Waals surface area contributed by atoms with Gasteiger partial charge in [-0.1, -0.05) is 17.7 Å². The second kappa shape index (κ2) is 7.32. The van der Waals surface area contributed by atoms with Crippen LogP contribution in [-0.2, 0) is 6.54 Å². The molecule has 1 unspecified atom stereocenters. The third kappa shape index (κ3) is 3.94. The first-order chi connectivity index (χ1) is 11.5. The van der Waals surface area contributed by atoms with Crippen molar-refractivity contribution in [3.63, 3.8) is 0 Å². The molecule has 1 atom stereocenters. The Kier molecular flexibility index (Phi) is 5.16. The summed E-state index contributed by atoms with van der Waals surface area (Å²) in [5.74, 6) is 1.24. The minimum atomic E-state index is -0.245. The molecule has 1 aliphatic heterocycles. The van der Waals surface area contributed by atoms with Gasteiger partial charge in [-0.2, -0.15) is 4.98 Å². The minimum Gasteiger partial charge on any atom is -0.366 e. The Balaban J connectivity index is 1.61. The average molecular weight is 350 g/mol. The number of rotatable bonds is 5. The van der Waals surface area contributed by atoms with Crippen LogP contribution in [0.4, 0.5) is 16.2 Å². The first-order valence-corrected chi connectivity index (χ1v) is 8.33. The topological polar surface area (TPSA) is 44.3 Å². The summed E-state index contributed by atoms with van der Waals surface area (Å²) in [6.45, 7) is 2.25. The summed E-state index contributed by atoms with van der Waals surface area (Å²) >= 11 is 6.12. The van der Waals surface area contributed by atoms with E-state index in [1.165, 1.54) is 6.07 Å². The number of likely N-dealkylation sites (tertiary alicyclic amines) is 1. The quantitative estimate of drug-likeness (QED) is 0.899. The van der Waals surface area contributed by atoms with E-state index in [0.29, 0.717) is 23.1 Å². The van der Waals surface area contributed by atoms with E-state index in [-0.39, 0.29) is 11.9 Å². The van der Waals surface area contributed by atoms with Crippen molar-refractivity contribution in [2.75, 3.05) is 37.4 Å². The Morgan fingerprint density at radius 1 is 1.38 bits per heavy atom. The van der Waals surface area contributed by atoms with E-state index in [1.807, 2.05) is 25.1 Å². The van der Waals surface area contributed by atoms with Crippen LogP contribution >= 0.6 is 11.6 Å². The molecule has 1 aromatic heterocycles. The van der Waals surface area contributed by atoms with Crippen molar-refractivity contribution >= 4 is 23.4 Å².